The molecule has 0 heterocycles. The van der Waals surface area contributed by atoms with Crippen LogP contribution in [0.1, 0.15) is 65.2 Å². The Morgan fingerprint density at radius 3 is 2.39 bits per heavy atom. The van der Waals surface area contributed by atoms with Crippen molar-refractivity contribution in [3.05, 3.63) is 12.7 Å². The molecule has 4 fully saturated rings. The first kappa shape index (κ1) is 16.5. The lowest BCUT2D eigenvalue weighted by Gasteiger charge is -2.62. The molecule has 4 rings (SSSR count). The van der Waals surface area contributed by atoms with E-state index in [4.69, 9.17) is 12.6 Å². The summed E-state index contributed by atoms with van der Waals surface area (Å²) in [5.41, 5.74) is 0.913. The molecule has 0 aromatic heterocycles. The summed E-state index contributed by atoms with van der Waals surface area (Å²) in [7, 11) is 0. The predicted molar refractivity (Wildman–Crippen MR) is 99.6 cm³/mol. The Kier molecular flexibility index (Phi) is 3.97. The molecular weight excluding hydrogens is 300 g/mol. The van der Waals surface area contributed by atoms with E-state index in [1.807, 2.05) is 0 Å². The number of fused-ring (bicyclic) bond motifs is 5. The lowest BCUT2D eigenvalue weighted by molar-refractivity contribution is -0.121. The molecule has 0 aromatic rings. The van der Waals surface area contributed by atoms with Gasteiger partial charge in [-0.25, -0.2) is 0 Å². The smallest absolute Gasteiger partial charge is 0.0543 e. The molecule has 4 aliphatic rings. The molecule has 9 unspecified atom stereocenters. The third-order valence-electron chi connectivity index (χ3n) is 9.01. The van der Waals surface area contributed by atoms with Gasteiger partial charge in [0.2, 0.25) is 0 Å². The Morgan fingerprint density at radius 1 is 0.957 bits per heavy atom. The van der Waals surface area contributed by atoms with Gasteiger partial charge in [0.25, 0.3) is 0 Å². The third kappa shape index (κ3) is 2.23. The number of hydrogen-bond donors (Lipinski definition) is 2. The fourth-order valence-corrected chi connectivity index (χ4v) is 8.41. The highest BCUT2D eigenvalue weighted by atomic mass is 32.1. The highest BCUT2D eigenvalue weighted by molar-refractivity contribution is 7.81. The van der Waals surface area contributed by atoms with Crippen LogP contribution in [0.25, 0.3) is 0 Å². The summed E-state index contributed by atoms with van der Waals surface area (Å²) in [5, 5.41) is 10.7. The second-order valence-corrected chi connectivity index (χ2v) is 10.3. The van der Waals surface area contributed by atoms with Crippen molar-refractivity contribution in [2.24, 2.45) is 40.4 Å². The molecule has 2 heteroatoms. The number of allylic oxidation sites excluding steroid dienone is 1. The van der Waals surface area contributed by atoms with Crippen molar-refractivity contribution in [1.82, 2.24) is 0 Å². The van der Waals surface area contributed by atoms with E-state index in [0.717, 1.165) is 36.5 Å². The molecule has 0 bridgehead atoms. The van der Waals surface area contributed by atoms with Gasteiger partial charge in [-0.3, -0.25) is 0 Å². The van der Waals surface area contributed by atoms with Crippen LogP contribution in [0.2, 0.25) is 0 Å². The lowest BCUT2D eigenvalue weighted by atomic mass is 9.44. The largest absolute Gasteiger partial charge is 0.393 e. The van der Waals surface area contributed by atoms with Crippen molar-refractivity contribution >= 4 is 12.6 Å². The summed E-state index contributed by atoms with van der Waals surface area (Å²) in [6, 6.07) is 0. The van der Waals surface area contributed by atoms with Crippen LogP contribution in [-0.4, -0.2) is 16.5 Å². The molecule has 0 amide bonds. The molecule has 23 heavy (non-hydrogen) atoms. The maximum Gasteiger partial charge on any atom is 0.0543 e. The summed E-state index contributed by atoms with van der Waals surface area (Å²) < 4.78 is 0. The zero-order valence-electron chi connectivity index (χ0n) is 14.9. The van der Waals surface area contributed by atoms with Gasteiger partial charge in [0.05, 0.1) is 6.10 Å². The van der Waals surface area contributed by atoms with Crippen LogP contribution in [0, 0.1) is 40.4 Å². The van der Waals surface area contributed by atoms with Crippen LogP contribution in [0.4, 0.5) is 0 Å². The minimum atomic E-state index is -0.0789. The summed E-state index contributed by atoms with van der Waals surface area (Å²) in [4.78, 5) is 0. The van der Waals surface area contributed by atoms with Crippen molar-refractivity contribution in [3.63, 3.8) is 0 Å². The minimum absolute atomic E-state index is 0.0789. The van der Waals surface area contributed by atoms with Crippen molar-refractivity contribution < 1.29 is 5.11 Å². The van der Waals surface area contributed by atoms with E-state index in [1.165, 1.54) is 38.5 Å². The van der Waals surface area contributed by atoms with Gasteiger partial charge in [-0.15, -0.1) is 6.58 Å². The van der Waals surface area contributed by atoms with Gasteiger partial charge in [-0.1, -0.05) is 19.9 Å². The second-order valence-electron chi connectivity index (χ2n) is 9.68. The zero-order valence-corrected chi connectivity index (χ0v) is 15.8. The fraction of sp³-hybridized carbons (Fsp3) is 0.905. The first-order valence-corrected chi connectivity index (χ1v) is 10.4. The van der Waals surface area contributed by atoms with E-state index in [0.29, 0.717) is 22.0 Å². The van der Waals surface area contributed by atoms with E-state index < -0.39 is 0 Å². The molecule has 0 aromatic carbocycles. The fourth-order valence-electron chi connectivity index (χ4n) is 7.71. The van der Waals surface area contributed by atoms with Crippen LogP contribution in [0.15, 0.2) is 12.7 Å². The topological polar surface area (TPSA) is 20.2 Å². The van der Waals surface area contributed by atoms with E-state index >= 15 is 0 Å². The SMILES string of the molecule is C=CC1CCC2C3CC(S)C4CC(O)CCC4(C)C3CCC12C. The Balaban J connectivity index is 1.66. The van der Waals surface area contributed by atoms with Gasteiger partial charge in [0.1, 0.15) is 0 Å². The zero-order chi connectivity index (χ0) is 16.4. The van der Waals surface area contributed by atoms with E-state index in [9.17, 15) is 5.11 Å². The number of hydrogen-bond acceptors (Lipinski definition) is 2. The number of aliphatic hydroxyl groups excluding tert-OH is 1. The van der Waals surface area contributed by atoms with Crippen LogP contribution in [0.5, 0.6) is 0 Å². The predicted octanol–water partition coefficient (Wildman–Crippen LogP) is 5.10. The van der Waals surface area contributed by atoms with Crippen LogP contribution >= 0.6 is 12.6 Å². The van der Waals surface area contributed by atoms with Gasteiger partial charge in [0.15, 0.2) is 0 Å². The highest BCUT2D eigenvalue weighted by Gasteiger charge is 2.61. The van der Waals surface area contributed by atoms with Gasteiger partial charge in [-0.05, 0) is 91.8 Å². The number of aliphatic hydroxyl groups is 1. The Morgan fingerprint density at radius 2 is 1.65 bits per heavy atom. The molecule has 4 saturated carbocycles. The van der Waals surface area contributed by atoms with Crippen LogP contribution in [0.3, 0.4) is 0 Å². The van der Waals surface area contributed by atoms with E-state index in [1.54, 1.807) is 0 Å². The van der Waals surface area contributed by atoms with Crippen molar-refractivity contribution in [3.8, 4) is 0 Å². The Hall–Kier alpha value is 0.0500. The lowest BCUT2D eigenvalue weighted by Crippen LogP contribution is -2.57. The average Bonchev–Trinajstić information content (AvgIpc) is 2.86. The summed E-state index contributed by atoms with van der Waals surface area (Å²) in [6.07, 6.45) is 12.2. The number of rotatable bonds is 1. The van der Waals surface area contributed by atoms with Gasteiger partial charge >= 0.3 is 0 Å². The molecule has 0 aliphatic heterocycles. The van der Waals surface area contributed by atoms with Crippen LogP contribution in [-0.2, 0) is 0 Å². The molecule has 1 nitrogen and oxygen atoms in total. The molecule has 1 N–H and O–H groups in total. The molecule has 0 spiro atoms. The third-order valence-corrected chi connectivity index (χ3v) is 9.58. The maximum atomic E-state index is 10.2. The first-order valence-electron chi connectivity index (χ1n) is 9.89. The normalized spacial score (nSPS) is 58.9. The van der Waals surface area contributed by atoms with Crippen LogP contribution < -0.4 is 0 Å². The molecule has 4 aliphatic carbocycles. The monoisotopic (exact) mass is 334 g/mol. The average molecular weight is 335 g/mol. The molecular formula is C21H34OS. The molecule has 9 atom stereocenters. The van der Waals surface area contributed by atoms with Crippen molar-refractivity contribution in [2.45, 2.75) is 76.6 Å². The van der Waals surface area contributed by atoms with Gasteiger partial charge in [0, 0.05) is 5.25 Å². The summed E-state index contributed by atoms with van der Waals surface area (Å²) >= 11 is 5.07. The first-order chi connectivity index (χ1) is 10.9. The van der Waals surface area contributed by atoms with E-state index in [2.05, 4.69) is 26.5 Å². The highest BCUT2D eigenvalue weighted by Crippen LogP contribution is 2.68. The Labute approximate surface area is 147 Å². The quantitative estimate of drug-likeness (QED) is 0.505. The van der Waals surface area contributed by atoms with Crippen molar-refractivity contribution in [2.75, 3.05) is 0 Å². The summed E-state index contributed by atoms with van der Waals surface area (Å²) in [6.45, 7) is 9.25. The number of thiol groups is 1. The standard InChI is InChI=1S/C21H34OS/c1-4-13-5-6-16-15-12-19(23)18-11-14(22)7-9-21(18,3)17(15)8-10-20(13,16)2/h4,13-19,22-23H,1,5-12H2,2-3H3. The molecule has 130 valence electrons. The van der Waals surface area contributed by atoms with Gasteiger partial charge in [-0.2, -0.15) is 12.6 Å². The molecule has 0 saturated heterocycles. The maximum absolute atomic E-state index is 10.2. The van der Waals surface area contributed by atoms with Gasteiger partial charge < -0.3 is 5.11 Å². The second kappa shape index (κ2) is 5.53. The Bertz CT molecular complexity index is 490. The minimum Gasteiger partial charge on any atom is -0.393 e. The summed E-state index contributed by atoms with van der Waals surface area (Å²) in [5.74, 6) is 3.95. The molecule has 0 radical (unpaired) electrons. The van der Waals surface area contributed by atoms with E-state index in [-0.39, 0.29) is 6.10 Å². The van der Waals surface area contributed by atoms with Crippen molar-refractivity contribution in [1.29, 1.82) is 0 Å².